The largest absolute Gasteiger partial charge is 0.482 e. The molecule has 0 saturated carbocycles. The molecule has 0 aliphatic rings. The monoisotopic (exact) mass is 409 g/mol. The molecule has 0 radical (unpaired) electrons. The number of carbonyl (C=O) groups excluding carboxylic acids is 2. The van der Waals surface area contributed by atoms with Gasteiger partial charge in [-0.3, -0.25) is 4.79 Å². The van der Waals surface area contributed by atoms with Crippen LogP contribution in [-0.4, -0.2) is 18.5 Å². The highest BCUT2D eigenvalue weighted by Crippen LogP contribution is 2.18. The van der Waals surface area contributed by atoms with Crippen molar-refractivity contribution in [2.24, 2.45) is 0 Å². The number of nitrogens with one attached hydrogen (secondary N) is 1. The number of ether oxygens (including phenoxy) is 2. The van der Waals surface area contributed by atoms with Gasteiger partial charge in [0.2, 0.25) is 0 Å². The smallest absolute Gasteiger partial charge is 0.349 e. The molecule has 3 aromatic rings. The van der Waals surface area contributed by atoms with Crippen molar-refractivity contribution < 1.29 is 19.1 Å². The second-order valence-electron chi connectivity index (χ2n) is 6.57. The van der Waals surface area contributed by atoms with Crippen LogP contribution in [0.2, 0.25) is 5.02 Å². The zero-order valence-electron chi connectivity index (χ0n) is 16.1. The number of esters is 1. The normalized spacial score (nSPS) is 10.3. The molecule has 29 heavy (non-hydrogen) atoms. The van der Waals surface area contributed by atoms with Crippen molar-refractivity contribution in [1.82, 2.24) is 0 Å². The highest BCUT2D eigenvalue weighted by molar-refractivity contribution is 6.30. The molecule has 1 N–H and O–H groups in total. The van der Waals surface area contributed by atoms with Crippen LogP contribution in [0.15, 0.2) is 66.7 Å². The summed E-state index contributed by atoms with van der Waals surface area (Å²) in [6.45, 7) is 3.72. The van der Waals surface area contributed by atoms with Crippen molar-refractivity contribution in [3.05, 3.63) is 88.4 Å². The summed E-state index contributed by atoms with van der Waals surface area (Å²) in [5.74, 6) is 0.154. The van der Waals surface area contributed by atoms with Crippen LogP contribution in [0.5, 0.6) is 11.5 Å². The highest BCUT2D eigenvalue weighted by atomic mass is 35.5. The maximum atomic E-state index is 12.3. The predicted octanol–water partition coefficient (Wildman–Crippen LogP) is 5.19. The van der Waals surface area contributed by atoms with Crippen LogP contribution in [0.25, 0.3) is 0 Å². The first-order chi connectivity index (χ1) is 13.9. The zero-order valence-corrected chi connectivity index (χ0v) is 16.8. The molecule has 0 fully saturated rings. The van der Waals surface area contributed by atoms with Crippen LogP contribution in [0.1, 0.15) is 21.5 Å². The first-order valence-corrected chi connectivity index (χ1v) is 9.35. The Morgan fingerprint density at radius 1 is 0.862 bits per heavy atom. The molecule has 0 saturated heterocycles. The molecule has 0 bridgehead atoms. The quantitative estimate of drug-likeness (QED) is 0.449. The third-order valence-corrected chi connectivity index (χ3v) is 4.25. The topological polar surface area (TPSA) is 64.6 Å². The summed E-state index contributed by atoms with van der Waals surface area (Å²) >= 11 is 5.83. The van der Waals surface area contributed by atoms with Gasteiger partial charge in [0.25, 0.3) is 5.91 Å². The van der Waals surface area contributed by atoms with Gasteiger partial charge in [-0.25, -0.2) is 4.79 Å². The van der Waals surface area contributed by atoms with Crippen LogP contribution >= 0.6 is 11.6 Å². The second kappa shape index (κ2) is 9.26. The Balaban J connectivity index is 1.53. The molecular weight excluding hydrogens is 390 g/mol. The number of hydrogen-bond donors (Lipinski definition) is 1. The van der Waals surface area contributed by atoms with E-state index in [0.29, 0.717) is 27.8 Å². The number of halogens is 1. The van der Waals surface area contributed by atoms with Gasteiger partial charge in [0.05, 0.1) is 0 Å². The lowest BCUT2D eigenvalue weighted by molar-refractivity contribution is -0.136. The Kier molecular flexibility index (Phi) is 6.52. The number of hydrogen-bond acceptors (Lipinski definition) is 4. The summed E-state index contributed by atoms with van der Waals surface area (Å²) in [6.07, 6.45) is 0. The van der Waals surface area contributed by atoms with Crippen LogP contribution in [0, 0.1) is 13.8 Å². The minimum atomic E-state index is -0.525. The van der Waals surface area contributed by atoms with E-state index < -0.39 is 5.97 Å². The summed E-state index contributed by atoms with van der Waals surface area (Å²) in [6, 6.07) is 18.8. The number of benzene rings is 3. The average molecular weight is 410 g/mol. The third kappa shape index (κ3) is 6.09. The maximum absolute atomic E-state index is 12.3. The van der Waals surface area contributed by atoms with E-state index in [4.69, 9.17) is 21.1 Å². The molecule has 5 nitrogen and oxygen atoms in total. The second-order valence-corrected chi connectivity index (χ2v) is 7.01. The summed E-state index contributed by atoms with van der Waals surface area (Å²) in [7, 11) is 0. The van der Waals surface area contributed by atoms with Gasteiger partial charge < -0.3 is 14.8 Å². The Morgan fingerprint density at radius 2 is 1.48 bits per heavy atom. The van der Waals surface area contributed by atoms with Gasteiger partial charge in [0.15, 0.2) is 6.61 Å². The third-order valence-electron chi connectivity index (χ3n) is 4.00. The van der Waals surface area contributed by atoms with E-state index in [9.17, 15) is 9.59 Å². The fraction of sp³-hybridized carbons (Fsp3) is 0.130. The molecule has 0 aliphatic heterocycles. The number of aryl methyl sites for hydroxylation is 2. The van der Waals surface area contributed by atoms with E-state index in [2.05, 4.69) is 5.32 Å². The fourth-order valence-corrected chi connectivity index (χ4v) is 2.86. The SMILES string of the molecule is Cc1cc(C)cc(OCC(=O)Oc2ccc(C(=O)Nc3ccc(Cl)cc3)cc2)c1. The van der Waals surface area contributed by atoms with Gasteiger partial charge in [-0.2, -0.15) is 0 Å². The van der Waals surface area contributed by atoms with Gasteiger partial charge in [-0.05, 0) is 85.6 Å². The van der Waals surface area contributed by atoms with Crippen LogP contribution in [-0.2, 0) is 4.79 Å². The Bertz CT molecular complexity index is 994. The van der Waals surface area contributed by atoms with Crippen molar-refractivity contribution >= 4 is 29.2 Å². The van der Waals surface area contributed by atoms with Crippen LogP contribution in [0.3, 0.4) is 0 Å². The van der Waals surface area contributed by atoms with E-state index in [0.717, 1.165) is 11.1 Å². The van der Waals surface area contributed by atoms with Crippen LogP contribution in [0.4, 0.5) is 5.69 Å². The summed E-state index contributed by atoms with van der Waals surface area (Å²) in [5, 5.41) is 3.36. The molecule has 0 aliphatic carbocycles. The summed E-state index contributed by atoms with van der Waals surface area (Å²) < 4.78 is 10.7. The minimum Gasteiger partial charge on any atom is -0.482 e. The molecular formula is C23H20ClNO4. The Hall–Kier alpha value is -3.31. The maximum Gasteiger partial charge on any atom is 0.349 e. The molecule has 148 valence electrons. The van der Waals surface area contributed by atoms with Gasteiger partial charge >= 0.3 is 5.97 Å². The van der Waals surface area contributed by atoms with E-state index in [1.165, 1.54) is 0 Å². The predicted molar refractivity (Wildman–Crippen MR) is 113 cm³/mol. The van der Waals surface area contributed by atoms with Crippen molar-refractivity contribution in [3.63, 3.8) is 0 Å². The van der Waals surface area contributed by atoms with Gasteiger partial charge in [0.1, 0.15) is 11.5 Å². The van der Waals surface area contributed by atoms with E-state index in [-0.39, 0.29) is 12.5 Å². The number of amides is 1. The average Bonchev–Trinajstić information content (AvgIpc) is 2.68. The molecule has 3 aromatic carbocycles. The lowest BCUT2D eigenvalue weighted by Crippen LogP contribution is -2.18. The van der Waals surface area contributed by atoms with Crippen molar-refractivity contribution in [2.75, 3.05) is 11.9 Å². The van der Waals surface area contributed by atoms with Crippen molar-refractivity contribution in [2.45, 2.75) is 13.8 Å². The van der Waals surface area contributed by atoms with E-state index >= 15 is 0 Å². The Morgan fingerprint density at radius 3 is 2.10 bits per heavy atom. The van der Waals surface area contributed by atoms with E-state index in [1.807, 2.05) is 32.0 Å². The van der Waals surface area contributed by atoms with E-state index in [1.54, 1.807) is 48.5 Å². The van der Waals surface area contributed by atoms with Gasteiger partial charge in [-0.1, -0.05) is 17.7 Å². The molecule has 0 heterocycles. The molecule has 0 spiro atoms. The molecule has 1 amide bonds. The van der Waals surface area contributed by atoms with Crippen LogP contribution < -0.4 is 14.8 Å². The number of rotatable bonds is 6. The van der Waals surface area contributed by atoms with Gasteiger partial charge in [0, 0.05) is 16.3 Å². The Labute approximate surface area is 174 Å². The summed E-state index contributed by atoms with van der Waals surface area (Å²) in [5.41, 5.74) is 3.19. The standard InChI is InChI=1S/C23H20ClNO4/c1-15-11-16(2)13-21(12-15)28-14-22(26)29-20-9-3-17(4-10-20)23(27)25-19-7-5-18(24)6-8-19/h3-13H,14H2,1-2H3,(H,25,27). The van der Waals surface area contributed by atoms with Gasteiger partial charge in [-0.15, -0.1) is 0 Å². The lowest BCUT2D eigenvalue weighted by Gasteiger charge is -2.09. The first-order valence-electron chi connectivity index (χ1n) is 8.98. The number of carbonyl (C=O) groups is 2. The molecule has 0 aromatic heterocycles. The highest BCUT2D eigenvalue weighted by Gasteiger charge is 2.10. The molecule has 6 heteroatoms. The molecule has 0 atom stereocenters. The lowest BCUT2D eigenvalue weighted by atomic mass is 10.1. The van der Waals surface area contributed by atoms with Crippen molar-refractivity contribution in [3.8, 4) is 11.5 Å². The molecule has 0 unspecified atom stereocenters. The van der Waals surface area contributed by atoms with Crippen molar-refractivity contribution in [1.29, 1.82) is 0 Å². The number of anilines is 1. The fourth-order valence-electron chi connectivity index (χ4n) is 2.73. The zero-order chi connectivity index (χ0) is 20.8. The molecule has 3 rings (SSSR count). The minimum absolute atomic E-state index is 0.207. The first kappa shape index (κ1) is 20.4. The summed E-state index contributed by atoms with van der Waals surface area (Å²) in [4.78, 5) is 24.3.